The number of hydrogen-bond acceptors (Lipinski definition) is 6. The minimum Gasteiger partial charge on any atom is -0.463 e. The quantitative estimate of drug-likeness (QED) is 0.812. The second-order valence-electron chi connectivity index (χ2n) is 4.46. The lowest BCUT2D eigenvalue weighted by Crippen LogP contribution is -2.21. The van der Waals surface area contributed by atoms with Gasteiger partial charge in [-0.2, -0.15) is 0 Å². The van der Waals surface area contributed by atoms with Crippen LogP contribution in [0.5, 0.6) is 0 Å². The number of carbonyl (C=O) groups excluding carboxylic acids is 1. The summed E-state index contributed by atoms with van der Waals surface area (Å²) in [5.74, 6) is -0.530. The molecule has 2 aromatic heterocycles. The molecule has 0 saturated heterocycles. The molecule has 1 atom stereocenters. The van der Waals surface area contributed by atoms with E-state index in [-0.39, 0.29) is 11.9 Å². The van der Waals surface area contributed by atoms with E-state index in [0.717, 1.165) is 24.3 Å². The summed E-state index contributed by atoms with van der Waals surface area (Å²) in [5, 5.41) is 7.43. The highest BCUT2D eigenvalue weighted by atomic mass is 16.5. The SMILES string of the molecule is CCNC(CC)c1ccc(-n2cnc(C(=O)OC)n2)cn1. The second kappa shape index (κ2) is 6.94. The lowest BCUT2D eigenvalue weighted by atomic mass is 10.1. The Balaban J connectivity index is 2.18. The van der Waals surface area contributed by atoms with Crippen molar-refractivity contribution in [3.63, 3.8) is 0 Å². The highest BCUT2D eigenvalue weighted by Gasteiger charge is 2.13. The topological polar surface area (TPSA) is 81.9 Å². The average Bonchev–Trinajstić information content (AvgIpc) is 3.02. The predicted octanol–water partition coefficient (Wildman–Crippen LogP) is 1.51. The summed E-state index contributed by atoms with van der Waals surface area (Å²) in [6.07, 6.45) is 4.14. The number of methoxy groups -OCH3 is 1. The average molecular weight is 289 g/mol. The van der Waals surface area contributed by atoms with Gasteiger partial charge in [-0.05, 0) is 25.1 Å². The van der Waals surface area contributed by atoms with Crippen LogP contribution >= 0.6 is 0 Å². The van der Waals surface area contributed by atoms with Crippen molar-refractivity contribution in [1.29, 1.82) is 0 Å². The van der Waals surface area contributed by atoms with Crippen molar-refractivity contribution in [3.8, 4) is 5.69 Å². The first-order chi connectivity index (χ1) is 10.2. The number of carbonyl (C=O) groups is 1. The van der Waals surface area contributed by atoms with Crippen molar-refractivity contribution in [2.24, 2.45) is 0 Å². The minimum atomic E-state index is -0.559. The fraction of sp³-hybridized carbons (Fsp3) is 0.429. The molecule has 0 aromatic carbocycles. The van der Waals surface area contributed by atoms with Crippen molar-refractivity contribution in [2.45, 2.75) is 26.3 Å². The van der Waals surface area contributed by atoms with Crippen LogP contribution < -0.4 is 5.32 Å². The Morgan fingerprint density at radius 2 is 2.19 bits per heavy atom. The maximum absolute atomic E-state index is 11.3. The Morgan fingerprint density at radius 3 is 2.76 bits per heavy atom. The third-order valence-electron chi connectivity index (χ3n) is 3.11. The van der Waals surface area contributed by atoms with E-state index in [9.17, 15) is 4.79 Å². The van der Waals surface area contributed by atoms with E-state index >= 15 is 0 Å². The van der Waals surface area contributed by atoms with Gasteiger partial charge in [-0.25, -0.2) is 14.5 Å². The number of ether oxygens (including phenoxy) is 1. The van der Waals surface area contributed by atoms with Gasteiger partial charge >= 0.3 is 5.97 Å². The molecule has 1 unspecified atom stereocenters. The molecule has 112 valence electrons. The molecule has 0 fully saturated rings. The molecule has 1 N–H and O–H groups in total. The van der Waals surface area contributed by atoms with E-state index in [1.807, 2.05) is 12.1 Å². The van der Waals surface area contributed by atoms with Crippen LogP contribution in [0.2, 0.25) is 0 Å². The summed E-state index contributed by atoms with van der Waals surface area (Å²) in [5.41, 5.74) is 1.73. The van der Waals surface area contributed by atoms with E-state index in [1.165, 1.54) is 18.1 Å². The van der Waals surface area contributed by atoms with E-state index < -0.39 is 5.97 Å². The third kappa shape index (κ3) is 3.43. The van der Waals surface area contributed by atoms with E-state index in [4.69, 9.17) is 0 Å². The molecule has 0 aliphatic carbocycles. The van der Waals surface area contributed by atoms with Crippen molar-refractivity contribution in [1.82, 2.24) is 25.1 Å². The summed E-state index contributed by atoms with van der Waals surface area (Å²) < 4.78 is 6.07. The van der Waals surface area contributed by atoms with Crippen LogP contribution in [-0.2, 0) is 4.74 Å². The monoisotopic (exact) mass is 289 g/mol. The number of nitrogens with zero attached hydrogens (tertiary/aromatic N) is 4. The highest BCUT2D eigenvalue weighted by molar-refractivity contribution is 5.84. The maximum Gasteiger partial charge on any atom is 0.377 e. The van der Waals surface area contributed by atoms with Gasteiger partial charge in [0.15, 0.2) is 0 Å². The van der Waals surface area contributed by atoms with Crippen LogP contribution in [0.15, 0.2) is 24.7 Å². The van der Waals surface area contributed by atoms with E-state index in [0.29, 0.717) is 0 Å². The molecule has 0 radical (unpaired) electrons. The lowest BCUT2D eigenvalue weighted by Gasteiger charge is -2.15. The molecule has 7 nitrogen and oxygen atoms in total. The molecule has 0 amide bonds. The summed E-state index contributed by atoms with van der Waals surface area (Å²) in [7, 11) is 1.30. The predicted molar refractivity (Wildman–Crippen MR) is 77.2 cm³/mol. The van der Waals surface area contributed by atoms with Crippen LogP contribution in [0.25, 0.3) is 5.69 Å². The van der Waals surface area contributed by atoms with Crippen LogP contribution in [0, 0.1) is 0 Å². The third-order valence-corrected chi connectivity index (χ3v) is 3.11. The first kappa shape index (κ1) is 15.1. The summed E-state index contributed by atoms with van der Waals surface area (Å²) >= 11 is 0. The molecule has 21 heavy (non-hydrogen) atoms. The molecular weight excluding hydrogens is 270 g/mol. The van der Waals surface area contributed by atoms with Crippen LogP contribution in [-0.4, -0.2) is 39.4 Å². The van der Waals surface area contributed by atoms with Crippen LogP contribution in [0.3, 0.4) is 0 Å². The molecular formula is C14H19N5O2. The van der Waals surface area contributed by atoms with E-state index in [1.54, 1.807) is 6.20 Å². The maximum atomic E-state index is 11.3. The van der Waals surface area contributed by atoms with Gasteiger partial charge in [0.2, 0.25) is 0 Å². The first-order valence-electron chi connectivity index (χ1n) is 6.89. The number of pyridine rings is 1. The fourth-order valence-corrected chi connectivity index (χ4v) is 2.02. The Bertz CT molecular complexity index is 594. The van der Waals surface area contributed by atoms with E-state index in [2.05, 4.69) is 39.0 Å². The number of rotatable bonds is 6. The van der Waals surface area contributed by atoms with Gasteiger partial charge in [-0.1, -0.05) is 13.8 Å². The Morgan fingerprint density at radius 1 is 1.38 bits per heavy atom. The van der Waals surface area contributed by atoms with Crippen LogP contribution in [0.1, 0.15) is 42.6 Å². The Kier molecular flexibility index (Phi) is 4.99. The van der Waals surface area contributed by atoms with Gasteiger partial charge in [0.05, 0.1) is 24.7 Å². The van der Waals surface area contributed by atoms with Gasteiger partial charge in [0.25, 0.3) is 5.82 Å². The zero-order valence-electron chi connectivity index (χ0n) is 12.4. The number of nitrogens with one attached hydrogen (secondary N) is 1. The molecule has 0 saturated carbocycles. The molecule has 2 heterocycles. The fourth-order valence-electron chi connectivity index (χ4n) is 2.02. The molecule has 2 rings (SSSR count). The molecule has 0 aliphatic rings. The summed E-state index contributed by atoms with van der Waals surface area (Å²) in [6, 6.07) is 4.09. The van der Waals surface area contributed by atoms with Crippen molar-refractivity contribution in [3.05, 3.63) is 36.2 Å². The summed E-state index contributed by atoms with van der Waals surface area (Å²) in [6.45, 7) is 5.08. The largest absolute Gasteiger partial charge is 0.463 e. The van der Waals surface area contributed by atoms with Gasteiger partial charge in [0, 0.05) is 6.04 Å². The van der Waals surface area contributed by atoms with Gasteiger partial charge in [-0.3, -0.25) is 4.98 Å². The lowest BCUT2D eigenvalue weighted by molar-refractivity contribution is 0.0587. The molecule has 0 spiro atoms. The van der Waals surface area contributed by atoms with Crippen molar-refractivity contribution in [2.75, 3.05) is 13.7 Å². The van der Waals surface area contributed by atoms with Crippen LogP contribution in [0.4, 0.5) is 0 Å². The second-order valence-corrected chi connectivity index (χ2v) is 4.46. The molecule has 0 aliphatic heterocycles. The minimum absolute atomic E-state index is 0.0284. The zero-order chi connectivity index (χ0) is 15.2. The standard InChI is InChI=1S/C14H19N5O2/c1-4-11(15-5-2)12-7-6-10(8-16-12)19-9-17-13(18-19)14(20)21-3/h6-9,11,15H,4-5H2,1-3H3. The van der Waals surface area contributed by atoms with Gasteiger partial charge < -0.3 is 10.1 Å². The summed E-state index contributed by atoms with van der Waals surface area (Å²) in [4.78, 5) is 19.7. The Labute approximate surface area is 123 Å². The number of hydrogen-bond donors (Lipinski definition) is 1. The Hall–Kier alpha value is -2.28. The van der Waals surface area contributed by atoms with Crippen molar-refractivity contribution >= 4 is 5.97 Å². The zero-order valence-corrected chi connectivity index (χ0v) is 12.4. The molecule has 0 bridgehead atoms. The molecule has 2 aromatic rings. The van der Waals surface area contributed by atoms with Gasteiger partial charge in [0.1, 0.15) is 6.33 Å². The first-order valence-corrected chi connectivity index (χ1v) is 6.89. The van der Waals surface area contributed by atoms with Gasteiger partial charge in [-0.15, -0.1) is 5.10 Å². The number of aromatic nitrogens is 4. The number of esters is 1. The normalized spacial score (nSPS) is 12.1. The smallest absolute Gasteiger partial charge is 0.377 e. The van der Waals surface area contributed by atoms with Crippen molar-refractivity contribution < 1.29 is 9.53 Å². The highest BCUT2D eigenvalue weighted by Crippen LogP contribution is 2.15. The molecule has 7 heteroatoms.